The number of furan rings is 1. The van der Waals surface area contributed by atoms with Gasteiger partial charge in [-0.25, -0.2) is 0 Å². The van der Waals surface area contributed by atoms with Crippen LogP contribution in [0.15, 0.2) is 40.8 Å². The zero-order valence-electron chi connectivity index (χ0n) is 18.2. The molecule has 0 unspecified atom stereocenters. The van der Waals surface area contributed by atoms with Crippen molar-refractivity contribution in [3.05, 3.63) is 70.0 Å². The molecule has 158 valence electrons. The minimum Gasteiger partial charge on any atom is -0.451 e. The zero-order chi connectivity index (χ0) is 21.3. The van der Waals surface area contributed by atoms with E-state index in [0.717, 1.165) is 48.4 Å². The summed E-state index contributed by atoms with van der Waals surface area (Å²) in [7, 11) is 0. The molecule has 1 saturated heterocycles. The van der Waals surface area contributed by atoms with E-state index in [1.54, 1.807) is 0 Å². The molecular weight excluding hydrogens is 376 g/mol. The Bertz CT molecular complexity index is 1050. The maximum Gasteiger partial charge on any atom is 0.287 e. The lowest BCUT2D eigenvalue weighted by atomic mass is 10.0. The second kappa shape index (κ2) is 8.62. The molecule has 1 amide bonds. The molecule has 0 bridgehead atoms. The van der Waals surface area contributed by atoms with E-state index in [1.807, 2.05) is 13.0 Å². The minimum atomic E-state index is -0.163. The van der Waals surface area contributed by atoms with Crippen molar-refractivity contribution < 1.29 is 13.9 Å². The fourth-order valence-electron chi connectivity index (χ4n) is 4.10. The summed E-state index contributed by atoms with van der Waals surface area (Å²) >= 11 is 0. The Labute approximate surface area is 178 Å². The van der Waals surface area contributed by atoms with Crippen molar-refractivity contribution in [1.29, 1.82) is 0 Å². The molecular formula is C25H30N2O3. The number of ether oxygens (including phenoxy) is 1. The summed E-state index contributed by atoms with van der Waals surface area (Å²) in [6, 6.07) is 12.8. The second-order valence-electron chi connectivity index (χ2n) is 8.27. The molecule has 1 aliphatic rings. The molecule has 0 spiro atoms. The van der Waals surface area contributed by atoms with Gasteiger partial charge >= 0.3 is 0 Å². The van der Waals surface area contributed by atoms with Gasteiger partial charge in [0.15, 0.2) is 5.76 Å². The van der Waals surface area contributed by atoms with E-state index in [1.165, 1.54) is 16.7 Å². The van der Waals surface area contributed by atoms with Crippen LogP contribution in [0.3, 0.4) is 0 Å². The molecule has 0 radical (unpaired) electrons. The summed E-state index contributed by atoms with van der Waals surface area (Å²) < 4.78 is 11.5. The Balaban J connectivity index is 1.55. The Morgan fingerprint density at radius 2 is 1.70 bits per heavy atom. The Hall–Kier alpha value is -2.63. The number of benzene rings is 2. The van der Waals surface area contributed by atoms with E-state index in [2.05, 4.69) is 61.3 Å². The van der Waals surface area contributed by atoms with Gasteiger partial charge in [-0.2, -0.15) is 0 Å². The van der Waals surface area contributed by atoms with Gasteiger partial charge in [-0.3, -0.25) is 9.69 Å². The van der Waals surface area contributed by atoms with Crippen LogP contribution in [0.5, 0.6) is 0 Å². The first-order chi connectivity index (χ1) is 14.4. The first-order valence-electron chi connectivity index (χ1n) is 10.6. The van der Waals surface area contributed by atoms with Crippen molar-refractivity contribution in [3.8, 4) is 0 Å². The molecule has 1 N–H and O–H groups in total. The van der Waals surface area contributed by atoms with Crippen molar-refractivity contribution >= 4 is 16.9 Å². The Kier molecular flexibility index (Phi) is 5.93. The van der Waals surface area contributed by atoms with Gasteiger partial charge in [0.25, 0.3) is 5.91 Å². The van der Waals surface area contributed by atoms with Crippen LogP contribution in [0.25, 0.3) is 11.0 Å². The molecule has 2 aromatic carbocycles. The highest BCUT2D eigenvalue weighted by molar-refractivity contribution is 5.99. The number of nitrogens with zero attached hydrogens (tertiary/aromatic N) is 1. The van der Waals surface area contributed by atoms with E-state index in [-0.39, 0.29) is 11.9 Å². The average molecular weight is 407 g/mol. The van der Waals surface area contributed by atoms with Gasteiger partial charge in [0.05, 0.1) is 19.3 Å². The van der Waals surface area contributed by atoms with E-state index in [0.29, 0.717) is 12.3 Å². The van der Waals surface area contributed by atoms with Gasteiger partial charge in [-0.05, 0) is 56.5 Å². The Morgan fingerprint density at radius 3 is 2.40 bits per heavy atom. The molecule has 5 heteroatoms. The molecule has 0 aliphatic carbocycles. The maximum atomic E-state index is 13.0. The highest BCUT2D eigenvalue weighted by Gasteiger charge is 2.25. The molecule has 4 rings (SSSR count). The lowest BCUT2D eigenvalue weighted by Crippen LogP contribution is -2.43. The van der Waals surface area contributed by atoms with E-state index in [9.17, 15) is 4.79 Å². The number of carbonyl (C=O) groups excluding carboxylic acids is 1. The average Bonchev–Trinajstić information content (AvgIpc) is 3.06. The number of amides is 1. The van der Waals surface area contributed by atoms with Crippen LogP contribution in [0.4, 0.5) is 0 Å². The normalized spacial score (nSPS) is 16.0. The molecule has 1 atom stereocenters. The van der Waals surface area contributed by atoms with Crippen molar-refractivity contribution in [2.75, 3.05) is 32.8 Å². The zero-order valence-corrected chi connectivity index (χ0v) is 18.2. The number of rotatable bonds is 5. The van der Waals surface area contributed by atoms with Gasteiger partial charge < -0.3 is 14.5 Å². The molecule has 3 aromatic rings. The number of morpholine rings is 1. The third kappa shape index (κ3) is 4.13. The van der Waals surface area contributed by atoms with Crippen molar-refractivity contribution in [2.24, 2.45) is 0 Å². The monoisotopic (exact) mass is 406 g/mol. The number of fused-ring (bicyclic) bond motifs is 1. The first kappa shape index (κ1) is 20.6. The van der Waals surface area contributed by atoms with Crippen molar-refractivity contribution in [3.63, 3.8) is 0 Å². The van der Waals surface area contributed by atoms with Crippen LogP contribution in [0.2, 0.25) is 0 Å². The van der Waals surface area contributed by atoms with Crippen LogP contribution < -0.4 is 5.32 Å². The lowest BCUT2D eigenvalue weighted by molar-refractivity contribution is 0.0161. The number of nitrogens with one attached hydrogen (secondary N) is 1. The van der Waals surface area contributed by atoms with Gasteiger partial charge in [0.1, 0.15) is 5.58 Å². The lowest BCUT2D eigenvalue weighted by Gasteiger charge is -2.35. The van der Waals surface area contributed by atoms with Crippen LogP contribution in [-0.2, 0) is 4.74 Å². The van der Waals surface area contributed by atoms with Crippen LogP contribution in [-0.4, -0.2) is 43.7 Å². The third-order valence-corrected chi connectivity index (χ3v) is 6.16. The van der Waals surface area contributed by atoms with Crippen LogP contribution >= 0.6 is 0 Å². The van der Waals surface area contributed by atoms with Crippen LogP contribution in [0.1, 0.15) is 44.4 Å². The molecule has 1 aromatic heterocycles. The van der Waals surface area contributed by atoms with Gasteiger partial charge in [0.2, 0.25) is 0 Å². The third-order valence-electron chi connectivity index (χ3n) is 6.16. The predicted octanol–water partition coefficient (Wildman–Crippen LogP) is 4.47. The number of carbonyl (C=O) groups is 1. The summed E-state index contributed by atoms with van der Waals surface area (Å²) in [6.45, 7) is 11.9. The highest BCUT2D eigenvalue weighted by atomic mass is 16.5. The van der Waals surface area contributed by atoms with E-state index in [4.69, 9.17) is 9.15 Å². The fraction of sp³-hybridized carbons (Fsp3) is 0.400. The molecule has 1 fully saturated rings. The molecule has 2 heterocycles. The quantitative estimate of drug-likeness (QED) is 0.679. The van der Waals surface area contributed by atoms with Gasteiger partial charge in [0, 0.05) is 30.6 Å². The summed E-state index contributed by atoms with van der Waals surface area (Å²) in [5.41, 5.74) is 6.45. The SMILES string of the molecule is Cc1ccc([C@@H](CNC(=O)c2oc3cc(C)c(C)cc3c2C)N2CCOCC2)cc1. The maximum absolute atomic E-state index is 13.0. The van der Waals surface area contributed by atoms with Crippen LogP contribution in [0, 0.1) is 27.7 Å². The summed E-state index contributed by atoms with van der Waals surface area (Å²) in [4.78, 5) is 15.4. The smallest absolute Gasteiger partial charge is 0.287 e. The largest absolute Gasteiger partial charge is 0.451 e. The number of hydrogen-bond acceptors (Lipinski definition) is 4. The molecule has 1 aliphatic heterocycles. The second-order valence-corrected chi connectivity index (χ2v) is 8.27. The first-order valence-corrected chi connectivity index (χ1v) is 10.6. The standard InChI is InChI=1S/C25H30N2O3/c1-16-5-7-20(8-6-16)22(27-9-11-29-12-10-27)15-26-25(28)24-19(4)21-13-17(2)18(3)14-23(21)30-24/h5-8,13-14,22H,9-12,15H2,1-4H3,(H,26,28)/t22-/m1/s1. The van der Waals surface area contributed by atoms with E-state index < -0.39 is 0 Å². The molecule has 30 heavy (non-hydrogen) atoms. The minimum absolute atomic E-state index is 0.104. The predicted molar refractivity (Wildman–Crippen MR) is 119 cm³/mol. The van der Waals surface area contributed by atoms with Crippen molar-refractivity contribution in [2.45, 2.75) is 33.7 Å². The highest BCUT2D eigenvalue weighted by Crippen LogP contribution is 2.28. The van der Waals surface area contributed by atoms with E-state index >= 15 is 0 Å². The van der Waals surface area contributed by atoms with Crippen molar-refractivity contribution in [1.82, 2.24) is 10.2 Å². The number of hydrogen-bond donors (Lipinski definition) is 1. The summed E-state index contributed by atoms with van der Waals surface area (Å²) in [6.07, 6.45) is 0. The van der Waals surface area contributed by atoms with Gasteiger partial charge in [-0.1, -0.05) is 29.8 Å². The summed E-state index contributed by atoms with van der Waals surface area (Å²) in [5, 5.41) is 4.13. The molecule has 5 nitrogen and oxygen atoms in total. The van der Waals surface area contributed by atoms with Gasteiger partial charge in [-0.15, -0.1) is 0 Å². The number of aryl methyl sites for hydroxylation is 4. The topological polar surface area (TPSA) is 54.7 Å². The molecule has 0 saturated carbocycles. The fourth-order valence-corrected chi connectivity index (χ4v) is 4.10. The summed E-state index contributed by atoms with van der Waals surface area (Å²) in [5.74, 6) is 0.240. The Morgan fingerprint density at radius 1 is 1.03 bits per heavy atom.